The van der Waals surface area contributed by atoms with Crippen LogP contribution in [0.1, 0.15) is 38.1 Å². The van der Waals surface area contributed by atoms with Gasteiger partial charge in [0.1, 0.15) is 17.7 Å². The number of ether oxygens (including phenoxy) is 2. The molecule has 0 aliphatic rings. The van der Waals surface area contributed by atoms with E-state index in [2.05, 4.69) is 0 Å². The van der Waals surface area contributed by atoms with E-state index in [0.717, 1.165) is 0 Å². The fourth-order valence-electron chi connectivity index (χ4n) is 1.71. The molecule has 1 atom stereocenters. The van der Waals surface area contributed by atoms with Gasteiger partial charge in [0.05, 0.1) is 19.8 Å². The van der Waals surface area contributed by atoms with Gasteiger partial charge < -0.3 is 14.6 Å². The molecule has 0 bridgehead atoms. The van der Waals surface area contributed by atoms with Gasteiger partial charge in [-0.15, -0.1) is 0 Å². The zero-order valence-corrected chi connectivity index (χ0v) is 10.9. The Labute approximate surface area is 101 Å². The molecule has 0 fully saturated rings. The molecule has 0 radical (unpaired) electrons. The van der Waals surface area contributed by atoms with E-state index in [4.69, 9.17) is 9.47 Å². The maximum Gasteiger partial charge on any atom is 0.126 e. The van der Waals surface area contributed by atoms with Crippen LogP contribution in [-0.2, 0) is 5.60 Å². The molecule has 3 nitrogen and oxygen atoms in total. The maximum absolute atomic E-state index is 13.4. The van der Waals surface area contributed by atoms with Crippen LogP contribution in [0.15, 0.2) is 12.1 Å². The molecule has 0 heterocycles. The van der Waals surface area contributed by atoms with Crippen molar-refractivity contribution in [3.63, 3.8) is 0 Å². The van der Waals surface area contributed by atoms with E-state index in [1.807, 2.05) is 0 Å². The first kappa shape index (κ1) is 13.8. The summed E-state index contributed by atoms with van der Waals surface area (Å²) in [6.07, 6.45) is -1.16. The largest absolute Gasteiger partial charge is 0.496 e. The van der Waals surface area contributed by atoms with Crippen molar-refractivity contribution in [2.75, 3.05) is 14.2 Å². The van der Waals surface area contributed by atoms with Crippen molar-refractivity contribution >= 4 is 0 Å². The van der Waals surface area contributed by atoms with E-state index < -0.39 is 11.8 Å². The molecule has 0 aliphatic carbocycles. The van der Waals surface area contributed by atoms with Crippen LogP contribution in [0.5, 0.6) is 11.5 Å². The fourth-order valence-corrected chi connectivity index (χ4v) is 1.71. The minimum atomic E-state index is -1.16. The Bertz CT molecular complexity index is 394. The van der Waals surface area contributed by atoms with E-state index in [-0.39, 0.29) is 0 Å². The number of hydrogen-bond donors (Lipinski definition) is 1. The van der Waals surface area contributed by atoms with E-state index in [9.17, 15) is 9.50 Å². The van der Waals surface area contributed by atoms with Gasteiger partial charge in [-0.1, -0.05) is 0 Å². The van der Waals surface area contributed by atoms with Crippen molar-refractivity contribution in [3.05, 3.63) is 23.3 Å². The molecule has 0 saturated heterocycles. The lowest BCUT2D eigenvalue weighted by molar-refractivity contribution is 0.0752. The Hall–Kier alpha value is -1.29. The van der Waals surface area contributed by atoms with Crippen LogP contribution in [0.25, 0.3) is 0 Å². The first-order chi connectivity index (χ1) is 7.81. The van der Waals surface area contributed by atoms with Crippen LogP contribution < -0.4 is 9.47 Å². The number of methoxy groups -OCH3 is 2. The zero-order chi connectivity index (χ0) is 13.2. The molecule has 4 heteroatoms. The van der Waals surface area contributed by atoms with Crippen LogP contribution in [0.2, 0.25) is 0 Å². The van der Waals surface area contributed by atoms with Gasteiger partial charge in [0, 0.05) is 11.1 Å². The normalized spacial score (nSPS) is 13.4. The van der Waals surface area contributed by atoms with Gasteiger partial charge in [-0.25, -0.2) is 4.39 Å². The van der Waals surface area contributed by atoms with Gasteiger partial charge in [0.25, 0.3) is 0 Å². The molecule has 1 unspecified atom stereocenters. The van der Waals surface area contributed by atoms with Gasteiger partial charge in [-0.3, -0.25) is 0 Å². The highest BCUT2D eigenvalue weighted by atomic mass is 19.1. The molecule has 0 aromatic heterocycles. The molecule has 17 heavy (non-hydrogen) atoms. The van der Waals surface area contributed by atoms with Gasteiger partial charge in [-0.05, 0) is 32.9 Å². The summed E-state index contributed by atoms with van der Waals surface area (Å²) in [6, 6.07) is 3.18. The monoisotopic (exact) mass is 242 g/mol. The molecule has 96 valence electrons. The summed E-state index contributed by atoms with van der Waals surface area (Å²) in [5, 5.41) is 10.0. The number of rotatable bonds is 4. The Morgan fingerprint density at radius 1 is 1.18 bits per heavy atom. The second-order valence-electron chi connectivity index (χ2n) is 4.47. The third-order valence-electron chi connectivity index (χ3n) is 2.64. The first-order valence-electron chi connectivity index (χ1n) is 5.44. The predicted molar refractivity (Wildman–Crippen MR) is 64.3 cm³/mol. The lowest BCUT2D eigenvalue weighted by Gasteiger charge is -2.23. The molecule has 1 aromatic carbocycles. The van der Waals surface area contributed by atoms with E-state index in [0.29, 0.717) is 22.6 Å². The van der Waals surface area contributed by atoms with E-state index in [1.54, 1.807) is 26.0 Å². The summed E-state index contributed by atoms with van der Waals surface area (Å²) in [7, 11) is 2.96. The highest BCUT2D eigenvalue weighted by molar-refractivity contribution is 5.49. The molecule has 0 saturated carbocycles. The zero-order valence-electron chi connectivity index (χ0n) is 10.9. The number of hydrogen-bond acceptors (Lipinski definition) is 3. The Morgan fingerprint density at radius 3 is 2.06 bits per heavy atom. The van der Waals surface area contributed by atoms with Crippen molar-refractivity contribution in [1.29, 1.82) is 0 Å². The molecule has 0 spiro atoms. The summed E-state index contributed by atoms with van der Waals surface area (Å²) in [5.41, 5.74) is -0.0879. The molecule has 1 rings (SSSR count). The highest BCUT2D eigenvalue weighted by Crippen LogP contribution is 2.38. The third-order valence-corrected chi connectivity index (χ3v) is 2.64. The average Bonchev–Trinajstić information content (AvgIpc) is 2.25. The SMILES string of the molecule is COc1cc(C(C)(C)O)c(OC)cc1C(C)F. The number of halogens is 1. The molecule has 0 amide bonds. The number of aliphatic hydroxyl groups is 1. The van der Waals surface area contributed by atoms with Crippen molar-refractivity contribution in [1.82, 2.24) is 0 Å². The lowest BCUT2D eigenvalue weighted by Crippen LogP contribution is -2.17. The second kappa shape index (κ2) is 4.92. The van der Waals surface area contributed by atoms with Crippen molar-refractivity contribution in [2.24, 2.45) is 0 Å². The van der Waals surface area contributed by atoms with Gasteiger partial charge in [-0.2, -0.15) is 0 Å². The van der Waals surface area contributed by atoms with Crippen molar-refractivity contribution < 1.29 is 19.0 Å². The van der Waals surface area contributed by atoms with Crippen LogP contribution in [-0.4, -0.2) is 19.3 Å². The average molecular weight is 242 g/mol. The van der Waals surface area contributed by atoms with Gasteiger partial charge >= 0.3 is 0 Å². The maximum atomic E-state index is 13.4. The Morgan fingerprint density at radius 2 is 1.71 bits per heavy atom. The van der Waals surface area contributed by atoms with E-state index >= 15 is 0 Å². The summed E-state index contributed by atoms with van der Waals surface area (Å²) in [5.74, 6) is 0.871. The number of benzene rings is 1. The summed E-state index contributed by atoms with van der Waals surface area (Å²) in [6.45, 7) is 4.72. The highest BCUT2D eigenvalue weighted by Gasteiger charge is 2.24. The molecular weight excluding hydrogens is 223 g/mol. The first-order valence-corrected chi connectivity index (χ1v) is 5.44. The van der Waals surface area contributed by atoms with Gasteiger partial charge in [0.2, 0.25) is 0 Å². The van der Waals surface area contributed by atoms with Crippen LogP contribution in [0.3, 0.4) is 0 Å². The predicted octanol–water partition coefficient (Wildman–Crippen LogP) is 2.96. The minimum Gasteiger partial charge on any atom is -0.496 e. The summed E-state index contributed by atoms with van der Waals surface area (Å²) in [4.78, 5) is 0. The van der Waals surface area contributed by atoms with Gasteiger partial charge in [0.15, 0.2) is 0 Å². The topological polar surface area (TPSA) is 38.7 Å². The second-order valence-corrected chi connectivity index (χ2v) is 4.47. The minimum absolute atomic E-state index is 0.414. The Balaban J connectivity index is 3.44. The quantitative estimate of drug-likeness (QED) is 0.882. The Kier molecular flexibility index (Phi) is 3.98. The van der Waals surface area contributed by atoms with Crippen molar-refractivity contribution in [3.8, 4) is 11.5 Å². The molecular formula is C13H19FO3. The fraction of sp³-hybridized carbons (Fsp3) is 0.538. The van der Waals surface area contributed by atoms with Crippen LogP contribution in [0.4, 0.5) is 4.39 Å². The smallest absolute Gasteiger partial charge is 0.126 e. The van der Waals surface area contributed by atoms with Crippen LogP contribution in [0, 0.1) is 0 Å². The van der Waals surface area contributed by atoms with Crippen molar-refractivity contribution in [2.45, 2.75) is 32.5 Å². The molecule has 1 N–H and O–H groups in total. The summed E-state index contributed by atoms with van der Waals surface area (Å²) >= 11 is 0. The molecule has 0 aliphatic heterocycles. The standard InChI is InChI=1S/C13H19FO3/c1-8(14)9-6-12(17-5)10(13(2,3)15)7-11(9)16-4/h6-8,15H,1-5H3. The number of alkyl halides is 1. The third kappa shape index (κ3) is 2.88. The van der Waals surface area contributed by atoms with Crippen LogP contribution >= 0.6 is 0 Å². The summed E-state index contributed by atoms with van der Waals surface area (Å²) < 4.78 is 23.7. The lowest BCUT2D eigenvalue weighted by atomic mass is 9.94. The molecule has 1 aromatic rings. The van der Waals surface area contributed by atoms with E-state index in [1.165, 1.54) is 21.1 Å².